The normalized spacial score (nSPS) is 10.7. The Morgan fingerprint density at radius 2 is 2.00 bits per heavy atom. The van der Waals surface area contributed by atoms with Crippen molar-refractivity contribution in [3.05, 3.63) is 53.2 Å². The minimum atomic E-state index is -0.399. The first-order valence-corrected chi connectivity index (χ1v) is 6.26. The molecule has 1 aromatic carbocycles. The van der Waals surface area contributed by atoms with Crippen LogP contribution in [-0.2, 0) is 4.74 Å². The van der Waals surface area contributed by atoms with Gasteiger partial charge in [0.15, 0.2) is 11.5 Å². The molecule has 3 aromatic rings. The minimum Gasteiger partial charge on any atom is -0.465 e. The van der Waals surface area contributed by atoms with E-state index in [1.54, 1.807) is 35.0 Å². The number of halogens is 1. The summed E-state index contributed by atoms with van der Waals surface area (Å²) < 4.78 is 6.29. The molecule has 0 saturated carbocycles. The predicted molar refractivity (Wildman–Crippen MR) is 74.8 cm³/mol. The number of esters is 1. The quantitative estimate of drug-likeness (QED) is 0.680. The number of pyridine rings is 1. The number of carbonyl (C=O) groups excluding carboxylic acids is 1. The molecule has 5 nitrogen and oxygen atoms in total. The average molecular weight is 288 g/mol. The zero-order valence-corrected chi connectivity index (χ0v) is 11.3. The lowest BCUT2D eigenvalue weighted by atomic mass is 10.2. The summed E-state index contributed by atoms with van der Waals surface area (Å²) in [5.74, 6) is 0.173. The molecule has 0 spiro atoms. The molecule has 0 aliphatic heterocycles. The third-order valence-corrected chi connectivity index (χ3v) is 3.11. The summed E-state index contributed by atoms with van der Waals surface area (Å²) in [6.45, 7) is 0. The number of rotatable bonds is 2. The van der Waals surface area contributed by atoms with E-state index in [0.29, 0.717) is 22.1 Å². The monoisotopic (exact) mass is 287 g/mol. The van der Waals surface area contributed by atoms with Crippen molar-refractivity contribution >= 4 is 23.2 Å². The number of methoxy groups -OCH3 is 1. The minimum absolute atomic E-state index is 0.399. The highest BCUT2D eigenvalue weighted by Gasteiger charge is 2.10. The SMILES string of the molecule is COC(=O)c1ccn2nc(-c3ccc(Cl)cc3)nc2c1. The maximum Gasteiger partial charge on any atom is 0.338 e. The summed E-state index contributed by atoms with van der Waals surface area (Å²) in [5.41, 5.74) is 1.88. The Morgan fingerprint density at radius 3 is 2.70 bits per heavy atom. The predicted octanol–water partition coefficient (Wildman–Crippen LogP) is 2.84. The van der Waals surface area contributed by atoms with Crippen LogP contribution in [-0.4, -0.2) is 27.7 Å². The summed E-state index contributed by atoms with van der Waals surface area (Å²) in [5, 5.41) is 5.01. The van der Waals surface area contributed by atoms with Gasteiger partial charge in [0.25, 0.3) is 0 Å². The Hall–Kier alpha value is -2.40. The molecule has 0 aliphatic rings. The smallest absolute Gasteiger partial charge is 0.338 e. The molecule has 0 radical (unpaired) electrons. The number of nitrogens with zero attached hydrogens (tertiary/aromatic N) is 3. The number of ether oxygens (including phenoxy) is 1. The van der Waals surface area contributed by atoms with Gasteiger partial charge in [0.2, 0.25) is 0 Å². The van der Waals surface area contributed by atoms with Crippen LogP contribution in [0.5, 0.6) is 0 Å². The molecule has 6 heteroatoms. The van der Waals surface area contributed by atoms with Crippen molar-refractivity contribution in [2.24, 2.45) is 0 Å². The first-order chi connectivity index (χ1) is 9.67. The standard InChI is InChI=1S/C14H10ClN3O2/c1-20-14(19)10-6-7-18-12(8-10)16-13(17-18)9-2-4-11(15)5-3-9/h2-8H,1H3. The fourth-order valence-electron chi connectivity index (χ4n) is 1.85. The number of benzene rings is 1. The van der Waals surface area contributed by atoms with E-state index in [2.05, 4.69) is 14.8 Å². The molecular weight excluding hydrogens is 278 g/mol. The van der Waals surface area contributed by atoms with Gasteiger partial charge in [-0.15, -0.1) is 5.10 Å². The number of carbonyl (C=O) groups is 1. The lowest BCUT2D eigenvalue weighted by Crippen LogP contribution is -2.02. The van der Waals surface area contributed by atoms with Gasteiger partial charge in [-0.3, -0.25) is 0 Å². The molecule has 0 N–H and O–H groups in total. The van der Waals surface area contributed by atoms with Gasteiger partial charge in [-0.05, 0) is 36.4 Å². The first kappa shape index (κ1) is 12.6. The van der Waals surface area contributed by atoms with Crippen LogP contribution in [0.15, 0.2) is 42.6 Å². The van der Waals surface area contributed by atoms with E-state index in [-0.39, 0.29) is 0 Å². The van der Waals surface area contributed by atoms with Gasteiger partial charge < -0.3 is 4.74 Å². The number of aromatic nitrogens is 3. The van der Waals surface area contributed by atoms with Crippen molar-refractivity contribution < 1.29 is 9.53 Å². The van der Waals surface area contributed by atoms with Gasteiger partial charge in [-0.2, -0.15) is 0 Å². The first-order valence-electron chi connectivity index (χ1n) is 5.88. The van der Waals surface area contributed by atoms with Gasteiger partial charge >= 0.3 is 5.97 Å². The molecule has 0 bridgehead atoms. The molecule has 0 aliphatic carbocycles. The molecule has 2 heterocycles. The van der Waals surface area contributed by atoms with E-state index < -0.39 is 5.97 Å². The van der Waals surface area contributed by atoms with E-state index in [4.69, 9.17) is 11.6 Å². The van der Waals surface area contributed by atoms with Crippen LogP contribution in [0.25, 0.3) is 17.0 Å². The highest BCUT2D eigenvalue weighted by atomic mass is 35.5. The van der Waals surface area contributed by atoms with Gasteiger partial charge in [-0.25, -0.2) is 14.3 Å². The van der Waals surface area contributed by atoms with Crippen molar-refractivity contribution in [2.45, 2.75) is 0 Å². The second kappa shape index (κ2) is 4.94. The van der Waals surface area contributed by atoms with E-state index in [1.807, 2.05) is 12.1 Å². The van der Waals surface area contributed by atoms with Gasteiger partial charge in [0, 0.05) is 16.8 Å². The maximum absolute atomic E-state index is 11.5. The van der Waals surface area contributed by atoms with E-state index >= 15 is 0 Å². The van der Waals surface area contributed by atoms with Crippen molar-refractivity contribution in [1.82, 2.24) is 14.6 Å². The Bertz CT molecular complexity index is 781. The molecule has 20 heavy (non-hydrogen) atoms. The Morgan fingerprint density at radius 1 is 1.25 bits per heavy atom. The second-order valence-corrected chi connectivity index (χ2v) is 4.59. The molecule has 0 atom stereocenters. The van der Waals surface area contributed by atoms with Crippen LogP contribution in [0.1, 0.15) is 10.4 Å². The molecule has 2 aromatic heterocycles. The highest BCUT2D eigenvalue weighted by Crippen LogP contribution is 2.19. The molecule has 0 unspecified atom stereocenters. The zero-order valence-electron chi connectivity index (χ0n) is 10.6. The molecule has 3 rings (SSSR count). The fourth-order valence-corrected chi connectivity index (χ4v) is 1.97. The lowest BCUT2D eigenvalue weighted by Gasteiger charge is -1.97. The number of hydrogen-bond donors (Lipinski definition) is 0. The molecule has 0 amide bonds. The molecule has 0 fully saturated rings. The average Bonchev–Trinajstić information content (AvgIpc) is 2.90. The van der Waals surface area contributed by atoms with E-state index in [9.17, 15) is 4.79 Å². The molecular formula is C14H10ClN3O2. The van der Waals surface area contributed by atoms with Crippen molar-refractivity contribution in [2.75, 3.05) is 7.11 Å². The third kappa shape index (κ3) is 2.23. The fraction of sp³-hybridized carbons (Fsp3) is 0.0714. The van der Waals surface area contributed by atoms with Gasteiger partial charge in [0.05, 0.1) is 12.7 Å². The summed E-state index contributed by atoms with van der Waals surface area (Å²) in [7, 11) is 1.34. The zero-order chi connectivity index (χ0) is 14.1. The largest absolute Gasteiger partial charge is 0.465 e. The van der Waals surface area contributed by atoms with Crippen LogP contribution in [0.2, 0.25) is 5.02 Å². The lowest BCUT2D eigenvalue weighted by molar-refractivity contribution is 0.0600. The van der Waals surface area contributed by atoms with Crippen LogP contribution in [0.3, 0.4) is 0 Å². The van der Waals surface area contributed by atoms with Crippen LogP contribution < -0.4 is 0 Å². The van der Waals surface area contributed by atoms with Crippen molar-refractivity contribution in [3.63, 3.8) is 0 Å². The summed E-state index contributed by atoms with van der Waals surface area (Å²) in [6.07, 6.45) is 1.67. The Kier molecular flexibility index (Phi) is 3.12. The summed E-state index contributed by atoms with van der Waals surface area (Å²) >= 11 is 5.85. The second-order valence-electron chi connectivity index (χ2n) is 4.15. The van der Waals surface area contributed by atoms with Crippen LogP contribution >= 0.6 is 11.6 Å². The van der Waals surface area contributed by atoms with E-state index in [1.165, 1.54) is 7.11 Å². The highest BCUT2D eigenvalue weighted by molar-refractivity contribution is 6.30. The Labute approximate surface area is 119 Å². The Balaban J connectivity index is 2.06. The topological polar surface area (TPSA) is 56.5 Å². The summed E-state index contributed by atoms with van der Waals surface area (Å²) in [4.78, 5) is 15.9. The number of fused-ring (bicyclic) bond motifs is 1. The maximum atomic E-state index is 11.5. The van der Waals surface area contributed by atoms with Gasteiger partial charge in [-0.1, -0.05) is 11.6 Å². The molecule has 0 saturated heterocycles. The van der Waals surface area contributed by atoms with Gasteiger partial charge in [0.1, 0.15) is 0 Å². The van der Waals surface area contributed by atoms with Crippen LogP contribution in [0, 0.1) is 0 Å². The van der Waals surface area contributed by atoms with Crippen LogP contribution in [0.4, 0.5) is 0 Å². The molecule has 100 valence electrons. The summed E-state index contributed by atoms with van der Waals surface area (Å²) in [6, 6.07) is 10.5. The number of hydrogen-bond acceptors (Lipinski definition) is 4. The van der Waals surface area contributed by atoms with E-state index in [0.717, 1.165) is 5.56 Å². The van der Waals surface area contributed by atoms with Crippen molar-refractivity contribution in [1.29, 1.82) is 0 Å². The van der Waals surface area contributed by atoms with Crippen molar-refractivity contribution in [3.8, 4) is 11.4 Å². The third-order valence-electron chi connectivity index (χ3n) is 2.86.